The van der Waals surface area contributed by atoms with Gasteiger partial charge in [0, 0.05) is 23.7 Å². The highest BCUT2D eigenvalue weighted by molar-refractivity contribution is 7.89. The lowest BCUT2D eigenvalue weighted by atomic mass is 9.95. The summed E-state index contributed by atoms with van der Waals surface area (Å²) in [4.78, 5) is 5.28. The fraction of sp³-hybridized carbons (Fsp3) is 0.357. The number of sulfonamides is 1. The minimum absolute atomic E-state index is 0.0436. The summed E-state index contributed by atoms with van der Waals surface area (Å²) in [7, 11) is -3.60. The van der Waals surface area contributed by atoms with Crippen LogP contribution in [0.25, 0.3) is 0 Å². The second-order valence-corrected chi connectivity index (χ2v) is 7.74. The van der Waals surface area contributed by atoms with E-state index in [2.05, 4.69) is 9.71 Å². The second kappa shape index (κ2) is 5.84. The average Bonchev–Trinajstić information content (AvgIpc) is 2.97. The predicted octanol–water partition coefficient (Wildman–Crippen LogP) is 1.96. The fourth-order valence-corrected chi connectivity index (χ4v) is 4.71. The van der Waals surface area contributed by atoms with Gasteiger partial charge in [0.05, 0.1) is 0 Å². The van der Waals surface area contributed by atoms with Crippen molar-refractivity contribution in [2.24, 2.45) is 5.73 Å². The Labute approximate surface area is 128 Å². The molecule has 0 bridgehead atoms. The molecule has 2 heterocycles. The number of hydrogen-bond acceptors (Lipinski definition) is 5. The van der Waals surface area contributed by atoms with Crippen molar-refractivity contribution in [2.75, 3.05) is 0 Å². The Bertz CT molecular complexity index is 723. The average molecular weight is 323 g/mol. The number of nitrogens with two attached hydrogens (primary N) is 1. The first-order valence-corrected chi connectivity index (χ1v) is 9.20. The molecule has 0 amide bonds. The Hall–Kier alpha value is -1.28. The van der Waals surface area contributed by atoms with Crippen LogP contribution in [0.5, 0.6) is 0 Å². The first-order chi connectivity index (χ1) is 10.1. The Morgan fingerprint density at radius 2 is 2.24 bits per heavy atom. The van der Waals surface area contributed by atoms with Gasteiger partial charge >= 0.3 is 0 Å². The molecule has 7 heteroatoms. The summed E-state index contributed by atoms with van der Waals surface area (Å²) in [5.41, 5.74) is 7.41. The van der Waals surface area contributed by atoms with Gasteiger partial charge < -0.3 is 5.73 Å². The van der Waals surface area contributed by atoms with Gasteiger partial charge in [0.2, 0.25) is 0 Å². The lowest BCUT2D eigenvalue weighted by Gasteiger charge is -2.23. The molecule has 2 aromatic heterocycles. The number of hydrogen-bond donors (Lipinski definition) is 2. The van der Waals surface area contributed by atoms with Gasteiger partial charge in [0.1, 0.15) is 0 Å². The fourth-order valence-electron chi connectivity index (χ4n) is 2.55. The highest BCUT2D eigenvalue weighted by Gasteiger charge is 2.27. The van der Waals surface area contributed by atoms with E-state index in [1.165, 1.54) is 17.1 Å². The van der Waals surface area contributed by atoms with Gasteiger partial charge in [0.15, 0.2) is 5.03 Å². The van der Waals surface area contributed by atoms with Gasteiger partial charge in [-0.1, -0.05) is 6.07 Å². The third kappa shape index (κ3) is 3.01. The number of thiophene rings is 1. The zero-order valence-electron chi connectivity index (χ0n) is 11.5. The van der Waals surface area contributed by atoms with Crippen LogP contribution in [-0.2, 0) is 23.0 Å². The molecule has 1 aliphatic rings. The van der Waals surface area contributed by atoms with Crippen molar-refractivity contribution < 1.29 is 8.42 Å². The largest absolute Gasteiger partial charge is 0.326 e. The van der Waals surface area contributed by atoms with Crippen LogP contribution in [0.4, 0.5) is 0 Å². The highest BCUT2D eigenvalue weighted by Crippen LogP contribution is 2.34. The van der Waals surface area contributed by atoms with Crippen molar-refractivity contribution in [1.82, 2.24) is 9.71 Å². The maximum Gasteiger partial charge on any atom is 0.258 e. The molecule has 2 aromatic rings. The van der Waals surface area contributed by atoms with Crippen molar-refractivity contribution in [2.45, 2.75) is 36.9 Å². The molecule has 1 aliphatic carbocycles. The van der Waals surface area contributed by atoms with Crippen LogP contribution in [0.3, 0.4) is 0 Å². The molecule has 5 nitrogen and oxygen atoms in total. The molecule has 0 saturated heterocycles. The van der Waals surface area contributed by atoms with Crippen LogP contribution >= 0.6 is 11.3 Å². The smallest absolute Gasteiger partial charge is 0.258 e. The van der Waals surface area contributed by atoms with Crippen LogP contribution in [0.15, 0.2) is 34.8 Å². The molecular formula is C14H17N3O2S2. The van der Waals surface area contributed by atoms with Gasteiger partial charge in [-0.3, -0.25) is 0 Å². The van der Waals surface area contributed by atoms with Crippen LogP contribution < -0.4 is 10.5 Å². The number of pyridine rings is 1. The van der Waals surface area contributed by atoms with Crippen molar-refractivity contribution in [3.63, 3.8) is 0 Å². The molecule has 0 aromatic carbocycles. The Morgan fingerprint density at radius 3 is 2.95 bits per heavy atom. The minimum atomic E-state index is -3.60. The van der Waals surface area contributed by atoms with E-state index in [0.29, 0.717) is 6.54 Å². The van der Waals surface area contributed by atoms with Gasteiger partial charge in [0.25, 0.3) is 10.0 Å². The highest BCUT2D eigenvalue weighted by atomic mass is 32.2. The van der Waals surface area contributed by atoms with E-state index in [9.17, 15) is 8.42 Å². The molecule has 1 unspecified atom stereocenters. The lowest BCUT2D eigenvalue weighted by molar-refractivity contribution is 0.509. The molecule has 0 radical (unpaired) electrons. The second-order valence-electron chi connectivity index (χ2n) is 5.07. The number of nitrogens with zero attached hydrogens (tertiary/aromatic N) is 1. The summed E-state index contributed by atoms with van der Waals surface area (Å²) in [6.45, 7) is 0.349. The Balaban J connectivity index is 1.84. The normalized spacial score (nSPS) is 18.4. The quantitative estimate of drug-likeness (QED) is 0.900. The van der Waals surface area contributed by atoms with Gasteiger partial charge in [-0.2, -0.15) is 0 Å². The number of rotatable bonds is 4. The van der Waals surface area contributed by atoms with Crippen molar-refractivity contribution in [3.05, 3.63) is 45.8 Å². The summed E-state index contributed by atoms with van der Waals surface area (Å²) in [6.07, 6.45) is 4.37. The number of fused-ring (bicyclic) bond motifs is 1. The summed E-state index contributed by atoms with van der Waals surface area (Å²) in [6, 6.07) is 5.05. The van der Waals surface area contributed by atoms with E-state index in [4.69, 9.17) is 5.73 Å². The van der Waals surface area contributed by atoms with Gasteiger partial charge in [-0.05, 0) is 47.9 Å². The molecule has 112 valence electrons. The Kier molecular flexibility index (Phi) is 4.08. The SMILES string of the molecule is NCc1ccc(S(=O)(=O)NC2CCCc3sccc32)nc1. The zero-order valence-corrected chi connectivity index (χ0v) is 13.1. The van der Waals surface area contributed by atoms with E-state index in [-0.39, 0.29) is 11.1 Å². The van der Waals surface area contributed by atoms with Crippen molar-refractivity contribution in [3.8, 4) is 0 Å². The summed E-state index contributed by atoms with van der Waals surface area (Å²) in [5.74, 6) is 0. The summed E-state index contributed by atoms with van der Waals surface area (Å²) < 4.78 is 27.6. The van der Waals surface area contributed by atoms with Crippen LogP contribution in [0.1, 0.15) is 34.9 Å². The summed E-state index contributed by atoms with van der Waals surface area (Å²) >= 11 is 1.69. The first-order valence-electron chi connectivity index (χ1n) is 6.84. The lowest BCUT2D eigenvalue weighted by Crippen LogP contribution is -2.31. The Morgan fingerprint density at radius 1 is 1.38 bits per heavy atom. The van der Waals surface area contributed by atoms with Crippen LogP contribution in [0.2, 0.25) is 0 Å². The van der Waals surface area contributed by atoms with E-state index in [0.717, 1.165) is 30.4 Å². The van der Waals surface area contributed by atoms with Gasteiger partial charge in [-0.15, -0.1) is 11.3 Å². The maximum absolute atomic E-state index is 12.4. The molecule has 3 rings (SSSR count). The van der Waals surface area contributed by atoms with E-state index in [1.807, 2.05) is 11.4 Å². The third-order valence-corrected chi connectivity index (χ3v) is 6.04. The number of aromatic nitrogens is 1. The topological polar surface area (TPSA) is 85.1 Å². The van der Waals surface area contributed by atoms with Crippen LogP contribution in [-0.4, -0.2) is 13.4 Å². The van der Waals surface area contributed by atoms with E-state index < -0.39 is 10.0 Å². The van der Waals surface area contributed by atoms with Crippen molar-refractivity contribution >= 4 is 21.4 Å². The first kappa shape index (κ1) is 14.6. The number of aryl methyl sites for hydroxylation is 1. The molecule has 0 saturated carbocycles. The molecule has 1 atom stereocenters. The molecular weight excluding hydrogens is 306 g/mol. The monoisotopic (exact) mass is 323 g/mol. The minimum Gasteiger partial charge on any atom is -0.326 e. The standard InChI is InChI=1S/C14H17N3O2S2/c15-8-10-4-5-14(16-9-10)21(18,19)17-12-2-1-3-13-11(12)6-7-20-13/h4-7,9,12,17H,1-3,8,15H2. The van der Waals surface area contributed by atoms with Crippen LogP contribution in [0, 0.1) is 0 Å². The van der Waals surface area contributed by atoms with Gasteiger partial charge in [-0.25, -0.2) is 18.1 Å². The molecule has 0 spiro atoms. The number of nitrogens with one attached hydrogen (secondary N) is 1. The summed E-state index contributed by atoms with van der Waals surface area (Å²) in [5, 5.41) is 2.06. The van der Waals surface area contributed by atoms with E-state index >= 15 is 0 Å². The zero-order chi connectivity index (χ0) is 14.9. The van der Waals surface area contributed by atoms with E-state index in [1.54, 1.807) is 17.4 Å². The predicted molar refractivity (Wildman–Crippen MR) is 82.4 cm³/mol. The third-order valence-electron chi connectivity index (χ3n) is 3.66. The maximum atomic E-state index is 12.4. The molecule has 3 N–H and O–H groups in total. The molecule has 0 aliphatic heterocycles. The van der Waals surface area contributed by atoms with Crippen molar-refractivity contribution in [1.29, 1.82) is 0 Å². The molecule has 21 heavy (non-hydrogen) atoms. The molecule has 0 fully saturated rings.